The van der Waals surface area contributed by atoms with E-state index in [9.17, 15) is 0 Å². The van der Waals surface area contributed by atoms with Crippen LogP contribution < -0.4 is 10.5 Å². The molecule has 0 amide bonds. The van der Waals surface area contributed by atoms with E-state index in [2.05, 4.69) is 15.9 Å². The summed E-state index contributed by atoms with van der Waals surface area (Å²) in [6.07, 6.45) is 0.863. The first-order valence-electron chi connectivity index (χ1n) is 5.83. The monoisotopic (exact) mass is 309 g/mol. The van der Waals surface area contributed by atoms with Gasteiger partial charge >= 0.3 is 0 Å². The van der Waals surface area contributed by atoms with E-state index >= 15 is 0 Å². The summed E-state index contributed by atoms with van der Waals surface area (Å²) in [5, 5.41) is 0. The van der Waals surface area contributed by atoms with E-state index in [1.165, 1.54) is 0 Å². The highest BCUT2D eigenvalue weighted by Crippen LogP contribution is 2.31. The molecular formula is C14H16BrNO2. The van der Waals surface area contributed by atoms with Gasteiger partial charge in [-0.15, -0.1) is 0 Å². The predicted molar refractivity (Wildman–Crippen MR) is 74.8 cm³/mol. The van der Waals surface area contributed by atoms with Gasteiger partial charge in [0.1, 0.15) is 17.3 Å². The minimum atomic E-state index is -0.322. The molecule has 2 rings (SSSR count). The molecule has 0 spiro atoms. The Bertz CT molecular complexity index is 536. The molecule has 0 saturated heterocycles. The molecule has 0 aliphatic rings. The topological polar surface area (TPSA) is 48.4 Å². The summed E-state index contributed by atoms with van der Waals surface area (Å²) >= 11 is 3.44. The van der Waals surface area contributed by atoms with Crippen molar-refractivity contribution in [2.24, 2.45) is 5.73 Å². The minimum Gasteiger partial charge on any atom is -0.496 e. The van der Waals surface area contributed by atoms with Gasteiger partial charge in [-0.3, -0.25) is 0 Å². The van der Waals surface area contributed by atoms with Gasteiger partial charge in [-0.25, -0.2) is 0 Å². The highest BCUT2D eigenvalue weighted by atomic mass is 79.9. The van der Waals surface area contributed by atoms with Crippen molar-refractivity contribution in [3.8, 4) is 5.75 Å². The minimum absolute atomic E-state index is 0.322. The van der Waals surface area contributed by atoms with E-state index in [4.69, 9.17) is 14.9 Å². The molecule has 96 valence electrons. The van der Waals surface area contributed by atoms with Crippen LogP contribution in [0, 0.1) is 0 Å². The van der Waals surface area contributed by atoms with Gasteiger partial charge in [0.05, 0.1) is 13.2 Å². The number of methoxy groups -OCH3 is 1. The molecule has 0 saturated carbocycles. The molecule has 1 heterocycles. The molecule has 0 fully saturated rings. The number of furan rings is 1. The Hall–Kier alpha value is -1.26. The molecule has 0 radical (unpaired) electrons. The van der Waals surface area contributed by atoms with Crippen LogP contribution in [0.1, 0.15) is 30.0 Å². The number of aryl methyl sites for hydroxylation is 1. The fourth-order valence-corrected chi connectivity index (χ4v) is 2.23. The Morgan fingerprint density at radius 1 is 1.33 bits per heavy atom. The normalized spacial score (nSPS) is 12.4. The summed E-state index contributed by atoms with van der Waals surface area (Å²) in [4.78, 5) is 0. The van der Waals surface area contributed by atoms with Crippen molar-refractivity contribution < 1.29 is 9.15 Å². The molecule has 1 aromatic carbocycles. The van der Waals surface area contributed by atoms with Gasteiger partial charge in [-0.2, -0.15) is 0 Å². The molecule has 0 bridgehead atoms. The second-order valence-corrected chi connectivity index (χ2v) is 4.94. The zero-order chi connectivity index (χ0) is 13.1. The Morgan fingerprint density at radius 2 is 2.11 bits per heavy atom. The summed E-state index contributed by atoms with van der Waals surface area (Å²) < 4.78 is 12.0. The molecular weight excluding hydrogens is 294 g/mol. The fourth-order valence-electron chi connectivity index (χ4n) is 1.85. The van der Waals surface area contributed by atoms with Gasteiger partial charge < -0.3 is 14.9 Å². The fraction of sp³-hybridized carbons (Fsp3) is 0.286. The second-order valence-electron chi connectivity index (χ2n) is 4.02. The van der Waals surface area contributed by atoms with Crippen molar-refractivity contribution in [2.45, 2.75) is 19.4 Å². The molecule has 4 heteroatoms. The average Bonchev–Trinajstić information content (AvgIpc) is 2.86. The van der Waals surface area contributed by atoms with E-state index in [1.54, 1.807) is 7.11 Å². The quantitative estimate of drug-likeness (QED) is 0.937. The number of ether oxygens (including phenoxy) is 1. The lowest BCUT2D eigenvalue weighted by Crippen LogP contribution is -2.12. The first-order valence-corrected chi connectivity index (χ1v) is 6.62. The van der Waals surface area contributed by atoms with Crippen LogP contribution in [0.2, 0.25) is 0 Å². The van der Waals surface area contributed by atoms with E-state index < -0.39 is 0 Å². The first-order chi connectivity index (χ1) is 8.65. The molecule has 2 N–H and O–H groups in total. The molecule has 1 aromatic heterocycles. The zero-order valence-electron chi connectivity index (χ0n) is 10.4. The molecule has 1 atom stereocenters. The van der Waals surface area contributed by atoms with Crippen LogP contribution in [-0.4, -0.2) is 7.11 Å². The summed E-state index contributed by atoms with van der Waals surface area (Å²) in [5.41, 5.74) is 7.14. The lowest BCUT2D eigenvalue weighted by atomic mass is 10.0. The summed E-state index contributed by atoms with van der Waals surface area (Å²) in [6, 6.07) is 9.33. The maximum absolute atomic E-state index is 6.24. The van der Waals surface area contributed by atoms with E-state index in [0.717, 1.165) is 33.7 Å². The van der Waals surface area contributed by atoms with Gasteiger partial charge in [0.25, 0.3) is 0 Å². The third-order valence-corrected chi connectivity index (χ3v) is 3.36. The van der Waals surface area contributed by atoms with Crippen LogP contribution in [0.15, 0.2) is 39.2 Å². The van der Waals surface area contributed by atoms with Gasteiger partial charge in [0.15, 0.2) is 0 Å². The van der Waals surface area contributed by atoms with Crippen molar-refractivity contribution in [3.63, 3.8) is 0 Å². The van der Waals surface area contributed by atoms with Gasteiger partial charge in [-0.05, 0) is 30.3 Å². The van der Waals surface area contributed by atoms with Crippen LogP contribution >= 0.6 is 15.9 Å². The van der Waals surface area contributed by atoms with Crippen LogP contribution in [0.4, 0.5) is 0 Å². The van der Waals surface area contributed by atoms with Gasteiger partial charge in [-0.1, -0.05) is 22.9 Å². The lowest BCUT2D eigenvalue weighted by Gasteiger charge is -2.14. The van der Waals surface area contributed by atoms with Gasteiger partial charge in [0.2, 0.25) is 0 Å². The number of hydrogen-bond acceptors (Lipinski definition) is 3. The van der Waals surface area contributed by atoms with Crippen molar-refractivity contribution >= 4 is 15.9 Å². The lowest BCUT2D eigenvalue weighted by molar-refractivity contribution is 0.400. The van der Waals surface area contributed by atoms with Crippen LogP contribution in [0.5, 0.6) is 5.75 Å². The van der Waals surface area contributed by atoms with Crippen molar-refractivity contribution in [3.05, 3.63) is 51.9 Å². The highest BCUT2D eigenvalue weighted by molar-refractivity contribution is 9.10. The Kier molecular flexibility index (Phi) is 4.09. The molecule has 18 heavy (non-hydrogen) atoms. The predicted octanol–water partition coefficient (Wildman–Crippen LogP) is 3.66. The molecule has 2 aromatic rings. The van der Waals surface area contributed by atoms with E-state index in [-0.39, 0.29) is 6.04 Å². The maximum atomic E-state index is 6.24. The number of halogens is 1. The number of hydrogen-bond donors (Lipinski definition) is 1. The summed E-state index contributed by atoms with van der Waals surface area (Å²) in [5.74, 6) is 2.46. The number of rotatable bonds is 4. The first kappa shape index (κ1) is 13.2. The SMILES string of the molecule is CCc1ccc(C(N)c2cc(Br)ccc2OC)o1. The number of nitrogens with two attached hydrogens (primary N) is 1. The Labute approximate surface area is 115 Å². The van der Waals surface area contributed by atoms with Crippen molar-refractivity contribution in [1.82, 2.24) is 0 Å². The zero-order valence-corrected chi connectivity index (χ0v) is 12.0. The molecule has 3 nitrogen and oxygen atoms in total. The highest BCUT2D eigenvalue weighted by Gasteiger charge is 2.17. The van der Waals surface area contributed by atoms with Crippen LogP contribution in [0.3, 0.4) is 0 Å². The molecule has 0 aliphatic heterocycles. The molecule has 0 aliphatic carbocycles. The van der Waals surface area contributed by atoms with Crippen molar-refractivity contribution in [2.75, 3.05) is 7.11 Å². The maximum Gasteiger partial charge on any atom is 0.125 e. The Balaban J connectivity index is 2.38. The van der Waals surface area contributed by atoms with E-state index in [1.807, 2.05) is 37.3 Å². The van der Waals surface area contributed by atoms with E-state index in [0.29, 0.717) is 0 Å². The average molecular weight is 310 g/mol. The second kappa shape index (κ2) is 5.59. The third-order valence-electron chi connectivity index (χ3n) is 2.86. The van der Waals surface area contributed by atoms with Gasteiger partial charge in [0, 0.05) is 16.5 Å². The van der Waals surface area contributed by atoms with Crippen LogP contribution in [-0.2, 0) is 6.42 Å². The van der Waals surface area contributed by atoms with Crippen LogP contribution in [0.25, 0.3) is 0 Å². The molecule has 1 unspecified atom stereocenters. The standard InChI is InChI=1S/C14H16BrNO2/c1-3-10-5-7-13(18-10)14(16)11-8-9(15)4-6-12(11)17-2/h4-8,14H,3,16H2,1-2H3. The summed E-state index contributed by atoms with van der Waals surface area (Å²) in [6.45, 7) is 2.05. The third kappa shape index (κ3) is 2.60. The smallest absolute Gasteiger partial charge is 0.125 e. The summed E-state index contributed by atoms with van der Waals surface area (Å²) in [7, 11) is 1.64. The number of benzene rings is 1. The van der Waals surface area contributed by atoms with Crippen molar-refractivity contribution in [1.29, 1.82) is 0 Å². The largest absolute Gasteiger partial charge is 0.496 e. The Morgan fingerprint density at radius 3 is 2.72 bits per heavy atom.